The number of nitrogens with zero attached hydrogens (tertiary/aromatic N) is 2. The van der Waals surface area contributed by atoms with Crippen molar-refractivity contribution in [3.05, 3.63) is 59.5 Å². The van der Waals surface area contributed by atoms with Gasteiger partial charge in [-0.15, -0.1) is 11.3 Å². The summed E-state index contributed by atoms with van der Waals surface area (Å²) in [6.45, 7) is 11.1. The number of carbonyl (C=O) groups is 2. The average Bonchev–Trinajstić information content (AvgIpc) is 3.41. The number of ether oxygens (including phenoxy) is 1. The van der Waals surface area contributed by atoms with E-state index in [1.54, 1.807) is 57.4 Å². The molecular formula is C31H42N6O5S2. The van der Waals surface area contributed by atoms with Crippen molar-refractivity contribution in [1.29, 1.82) is 0 Å². The number of benzene rings is 1. The first-order chi connectivity index (χ1) is 20.6. The molecule has 11 nitrogen and oxygen atoms in total. The third kappa shape index (κ3) is 9.73. The number of amides is 3. The maximum absolute atomic E-state index is 13.6. The van der Waals surface area contributed by atoms with Crippen LogP contribution in [0.5, 0.6) is 0 Å². The number of aromatic nitrogens is 2. The Balaban J connectivity index is 1.49. The number of carbonyl (C=O) groups excluding carboxylic acids is 2. The summed E-state index contributed by atoms with van der Waals surface area (Å²) in [4.78, 5) is 34.4. The lowest BCUT2D eigenvalue weighted by molar-refractivity contribution is 0.0491. The Kier molecular flexibility index (Phi) is 10.3. The highest BCUT2D eigenvalue weighted by atomic mass is 32.2. The molecule has 0 atom stereocenters. The van der Waals surface area contributed by atoms with E-state index < -0.39 is 33.3 Å². The Labute approximate surface area is 263 Å². The molecule has 0 saturated heterocycles. The number of sulfonamides is 1. The van der Waals surface area contributed by atoms with E-state index in [1.165, 1.54) is 17.4 Å². The number of thiazole rings is 1. The average molecular weight is 643 g/mol. The molecule has 1 aromatic carbocycles. The lowest BCUT2D eigenvalue weighted by Crippen LogP contribution is -2.40. The molecule has 1 saturated carbocycles. The fourth-order valence-corrected chi connectivity index (χ4v) is 7.75. The predicted octanol–water partition coefficient (Wildman–Crippen LogP) is 6.15. The van der Waals surface area contributed by atoms with E-state index in [0.717, 1.165) is 35.6 Å². The summed E-state index contributed by atoms with van der Waals surface area (Å²) in [6.07, 6.45) is 6.25. The quantitative estimate of drug-likeness (QED) is 0.230. The molecule has 0 unspecified atom stereocenters. The second kappa shape index (κ2) is 13.6. The second-order valence-corrected chi connectivity index (χ2v) is 15.7. The van der Waals surface area contributed by atoms with E-state index in [1.807, 2.05) is 26.8 Å². The standard InChI is InChI=1S/C31H42N6O5S2/c1-30(2,3)37-44(40,41)26-17-22(35-28(38)34-18-23-9-7-8-16-32-23)14-15-24(26)25-19-33-27(43-25)20-10-12-21(13-11-20)36-29(39)42-31(4,5)6/h7-9,14-17,19-21,37H,10-13,18H2,1-6H3,(H,36,39)(H2,34,35,38). The van der Waals surface area contributed by atoms with E-state index >= 15 is 0 Å². The van der Waals surface area contributed by atoms with Gasteiger partial charge in [0.05, 0.1) is 27.0 Å². The largest absolute Gasteiger partial charge is 0.444 e. The van der Waals surface area contributed by atoms with Crippen molar-refractivity contribution in [2.45, 2.75) is 102 Å². The molecule has 4 N–H and O–H groups in total. The van der Waals surface area contributed by atoms with Crippen LogP contribution in [0.3, 0.4) is 0 Å². The molecule has 2 aromatic heterocycles. The molecule has 1 fully saturated rings. The SMILES string of the molecule is CC(C)(C)NS(=O)(=O)c1cc(NC(=O)NCc2ccccn2)ccc1-c1cnc(C2CCC(NC(=O)OC(C)(C)C)CC2)s1. The van der Waals surface area contributed by atoms with E-state index in [9.17, 15) is 18.0 Å². The van der Waals surface area contributed by atoms with Gasteiger partial charge in [0.2, 0.25) is 10.0 Å². The van der Waals surface area contributed by atoms with E-state index in [0.29, 0.717) is 16.9 Å². The van der Waals surface area contributed by atoms with Crippen LogP contribution in [0.25, 0.3) is 10.4 Å². The summed E-state index contributed by atoms with van der Waals surface area (Å²) in [5, 5.41) is 9.37. The van der Waals surface area contributed by atoms with E-state index in [4.69, 9.17) is 4.74 Å². The summed E-state index contributed by atoms with van der Waals surface area (Å²) < 4.78 is 35.3. The lowest BCUT2D eigenvalue weighted by atomic mass is 9.86. The number of rotatable bonds is 8. The number of pyridine rings is 1. The van der Waals surface area contributed by atoms with Crippen LogP contribution in [0.1, 0.15) is 83.8 Å². The first kappa shape index (κ1) is 33.3. The van der Waals surface area contributed by atoms with Gasteiger partial charge in [-0.05, 0) is 91.5 Å². The molecule has 0 spiro atoms. The van der Waals surface area contributed by atoms with Crippen LogP contribution in [0.2, 0.25) is 0 Å². The van der Waals surface area contributed by atoms with Gasteiger partial charge in [0.1, 0.15) is 5.60 Å². The minimum absolute atomic E-state index is 0.0435. The van der Waals surface area contributed by atoms with Crippen LogP contribution < -0.4 is 20.7 Å². The van der Waals surface area contributed by atoms with Crippen molar-refractivity contribution in [2.24, 2.45) is 0 Å². The maximum atomic E-state index is 13.6. The van der Waals surface area contributed by atoms with Crippen molar-refractivity contribution in [3.8, 4) is 10.4 Å². The van der Waals surface area contributed by atoms with Crippen molar-refractivity contribution in [3.63, 3.8) is 0 Å². The zero-order chi connectivity index (χ0) is 32.1. The van der Waals surface area contributed by atoms with Crippen LogP contribution >= 0.6 is 11.3 Å². The highest BCUT2D eigenvalue weighted by molar-refractivity contribution is 7.89. The van der Waals surface area contributed by atoms with Crippen molar-refractivity contribution < 1.29 is 22.7 Å². The minimum Gasteiger partial charge on any atom is -0.444 e. The summed E-state index contributed by atoms with van der Waals surface area (Å²) in [6, 6.07) is 9.84. The normalized spacial score (nSPS) is 17.5. The fourth-order valence-electron chi connectivity index (χ4n) is 4.89. The van der Waals surface area contributed by atoms with Crippen molar-refractivity contribution in [2.75, 3.05) is 5.32 Å². The van der Waals surface area contributed by atoms with Gasteiger partial charge in [0.15, 0.2) is 0 Å². The molecule has 238 valence electrons. The summed E-state index contributed by atoms with van der Waals surface area (Å²) >= 11 is 1.47. The van der Waals surface area contributed by atoms with Gasteiger partial charge < -0.3 is 20.7 Å². The van der Waals surface area contributed by atoms with Crippen LogP contribution in [-0.2, 0) is 21.3 Å². The molecule has 44 heavy (non-hydrogen) atoms. The van der Waals surface area contributed by atoms with E-state index in [2.05, 4.69) is 30.6 Å². The summed E-state index contributed by atoms with van der Waals surface area (Å²) in [7, 11) is -3.96. The minimum atomic E-state index is -3.96. The van der Waals surface area contributed by atoms with Gasteiger partial charge in [-0.1, -0.05) is 12.1 Å². The molecular weight excluding hydrogens is 601 g/mol. The highest BCUT2D eigenvalue weighted by Crippen LogP contribution is 2.40. The Morgan fingerprint density at radius 3 is 2.36 bits per heavy atom. The molecule has 3 amide bonds. The third-order valence-electron chi connectivity index (χ3n) is 6.71. The lowest BCUT2D eigenvalue weighted by Gasteiger charge is -2.29. The van der Waals surface area contributed by atoms with Gasteiger partial charge in [-0.25, -0.2) is 27.7 Å². The molecule has 2 heterocycles. The van der Waals surface area contributed by atoms with Gasteiger partial charge in [-0.3, -0.25) is 4.98 Å². The van der Waals surface area contributed by atoms with E-state index in [-0.39, 0.29) is 23.4 Å². The van der Waals surface area contributed by atoms with Crippen molar-refractivity contribution in [1.82, 2.24) is 25.3 Å². The monoisotopic (exact) mass is 642 g/mol. The number of hydrogen-bond acceptors (Lipinski definition) is 8. The molecule has 3 aromatic rings. The topological polar surface area (TPSA) is 151 Å². The second-order valence-electron chi connectivity index (χ2n) is 13.0. The zero-order valence-electron chi connectivity index (χ0n) is 26.1. The maximum Gasteiger partial charge on any atom is 0.407 e. The fraction of sp³-hybridized carbons (Fsp3) is 0.484. The Bertz CT molecular complexity index is 1550. The predicted molar refractivity (Wildman–Crippen MR) is 172 cm³/mol. The van der Waals surface area contributed by atoms with Crippen LogP contribution in [0.4, 0.5) is 15.3 Å². The number of nitrogens with one attached hydrogen (secondary N) is 4. The Morgan fingerprint density at radius 2 is 1.73 bits per heavy atom. The van der Waals surface area contributed by atoms with Crippen LogP contribution in [0.15, 0.2) is 53.7 Å². The molecule has 1 aliphatic rings. The molecule has 0 aliphatic heterocycles. The number of alkyl carbamates (subject to hydrolysis) is 1. The Hall–Kier alpha value is -3.55. The zero-order valence-corrected chi connectivity index (χ0v) is 27.7. The van der Waals surface area contributed by atoms with Crippen LogP contribution in [-0.4, -0.2) is 47.7 Å². The molecule has 4 rings (SSSR count). The Morgan fingerprint density at radius 1 is 1.00 bits per heavy atom. The molecule has 0 radical (unpaired) electrons. The number of anilines is 1. The van der Waals surface area contributed by atoms with Crippen LogP contribution in [0, 0.1) is 0 Å². The first-order valence-corrected chi connectivity index (χ1v) is 17.0. The number of hydrogen-bond donors (Lipinski definition) is 4. The summed E-state index contributed by atoms with van der Waals surface area (Å²) in [5.41, 5.74) is 0.273. The van der Waals surface area contributed by atoms with Gasteiger partial charge >= 0.3 is 12.1 Å². The first-order valence-electron chi connectivity index (χ1n) is 14.7. The van der Waals surface area contributed by atoms with Gasteiger partial charge in [0.25, 0.3) is 0 Å². The smallest absolute Gasteiger partial charge is 0.407 e. The van der Waals surface area contributed by atoms with Crippen molar-refractivity contribution >= 4 is 39.2 Å². The number of urea groups is 1. The molecule has 0 bridgehead atoms. The summed E-state index contributed by atoms with van der Waals surface area (Å²) in [5.74, 6) is 0.210. The molecule has 13 heteroatoms. The highest BCUT2D eigenvalue weighted by Gasteiger charge is 2.29. The van der Waals surface area contributed by atoms with Gasteiger partial charge in [0, 0.05) is 41.1 Å². The van der Waals surface area contributed by atoms with Gasteiger partial charge in [-0.2, -0.15) is 0 Å². The molecule has 1 aliphatic carbocycles. The third-order valence-corrected chi connectivity index (χ3v) is 9.70.